The maximum absolute atomic E-state index is 5.94. The summed E-state index contributed by atoms with van der Waals surface area (Å²) in [6.07, 6.45) is 9.32. The molecule has 3 heteroatoms. The zero-order chi connectivity index (χ0) is 12.8. The van der Waals surface area contributed by atoms with Gasteiger partial charge in [-0.15, -0.1) is 0 Å². The van der Waals surface area contributed by atoms with Crippen LogP contribution in [0.5, 0.6) is 0 Å². The third kappa shape index (κ3) is 4.87. The van der Waals surface area contributed by atoms with Crippen molar-refractivity contribution in [1.82, 2.24) is 10.2 Å². The Bertz CT molecular complexity index is 224. The molecule has 0 aromatic heterocycles. The van der Waals surface area contributed by atoms with Crippen molar-refractivity contribution in [2.24, 2.45) is 17.6 Å². The molecule has 1 saturated carbocycles. The third-order valence-electron chi connectivity index (χ3n) is 4.78. The first-order valence-corrected chi connectivity index (χ1v) is 7.89. The molecule has 1 heterocycles. The number of likely N-dealkylation sites (tertiary alicyclic amines) is 1. The van der Waals surface area contributed by atoms with E-state index in [1.807, 2.05) is 0 Å². The molecule has 2 aliphatic rings. The molecule has 2 rings (SSSR count). The minimum Gasteiger partial charge on any atom is -0.328 e. The second-order valence-electron chi connectivity index (χ2n) is 6.54. The van der Waals surface area contributed by atoms with E-state index in [4.69, 9.17) is 5.73 Å². The maximum atomic E-state index is 5.94. The lowest BCUT2D eigenvalue weighted by Gasteiger charge is -2.30. The molecule has 0 aromatic carbocycles. The van der Waals surface area contributed by atoms with Gasteiger partial charge in [-0.05, 0) is 83.5 Å². The van der Waals surface area contributed by atoms with Crippen molar-refractivity contribution in [3.05, 3.63) is 0 Å². The van der Waals surface area contributed by atoms with Crippen molar-refractivity contribution in [1.29, 1.82) is 0 Å². The summed E-state index contributed by atoms with van der Waals surface area (Å²) in [6.45, 7) is 5.03. The number of nitrogens with one attached hydrogen (secondary N) is 1. The average Bonchev–Trinajstić information content (AvgIpc) is 2.37. The van der Waals surface area contributed by atoms with E-state index in [9.17, 15) is 0 Å². The molecule has 1 saturated heterocycles. The van der Waals surface area contributed by atoms with Crippen LogP contribution in [0.3, 0.4) is 0 Å². The zero-order valence-electron chi connectivity index (χ0n) is 12.0. The highest BCUT2D eigenvalue weighted by molar-refractivity contribution is 4.76. The van der Waals surface area contributed by atoms with E-state index in [2.05, 4.69) is 17.3 Å². The van der Waals surface area contributed by atoms with Gasteiger partial charge in [0.25, 0.3) is 0 Å². The Morgan fingerprint density at radius 3 is 2.61 bits per heavy atom. The molecule has 0 bridgehead atoms. The summed E-state index contributed by atoms with van der Waals surface area (Å²) in [5.74, 6) is 1.81. The van der Waals surface area contributed by atoms with Crippen LogP contribution >= 0.6 is 0 Å². The highest BCUT2D eigenvalue weighted by Crippen LogP contribution is 2.22. The minimum atomic E-state index is 0.485. The lowest BCUT2D eigenvalue weighted by atomic mass is 9.86. The largest absolute Gasteiger partial charge is 0.328 e. The Balaban J connectivity index is 1.50. The summed E-state index contributed by atoms with van der Waals surface area (Å²) in [6, 6.07) is 0.485. The molecule has 18 heavy (non-hydrogen) atoms. The van der Waals surface area contributed by atoms with Crippen LogP contribution in [0.15, 0.2) is 0 Å². The molecule has 0 aromatic rings. The fourth-order valence-electron chi connectivity index (χ4n) is 3.51. The molecule has 1 aliphatic heterocycles. The van der Waals surface area contributed by atoms with Crippen LogP contribution in [-0.2, 0) is 0 Å². The van der Waals surface area contributed by atoms with Crippen LogP contribution in [-0.4, -0.2) is 44.2 Å². The predicted molar refractivity (Wildman–Crippen MR) is 77.6 cm³/mol. The second-order valence-corrected chi connectivity index (χ2v) is 6.54. The molecular formula is C15H31N3. The monoisotopic (exact) mass is 253 g/mol. The van der Waals surface area contributed by atoms with Gasteiger partial charge in [-0.3, -0.25) is 0 Å². The van der Waals surface area contributed by atoms with Gasteiger partial charge in [-0.1, -0.05) is 0 Å². The van der Waals surface area contributed by atoms with Gasteiger partial charge in [0.05, 0.1) is 0 Å². The highest BCUT2D eigenvalue weighted by atomic mass is 15.1. The molecule has 0 radical (unpaired) electrons. The van der Waals surface area contributed by atoms with Gasteiger partial charge in [0.15, 0.2) is 0 Å². The second kappa shape index (κ2) is 7.46. The molecule has 1 unspecified atom stereocenters. The van der Waals surface area contributed by atoms with Crippen molar-refractivity contribution in [3.8, 4) is 0 Å². The molecular weight excluding hydrogens is 222 g/mol. The number of hydrogen-bond acceptors (Lipinski definition) is 3. The third-order valence-corrected chi connectivity index (χ3v) is 4.78. The van der Waals surface area contributed by atoms with E-state index in [1.165, 1.54) is 71.1 Å². The molecule has 3 nitrogen and oxygen atoms in total. The quantitative estimate of drug-likeness (QED) is 0.735. The molecule has 1 atom stereocenters. The Morgan fingerprint density at radius 2 is 1.89 bits per heavy atom. The van der Waals surface area contributed by atoms with Crippen LogP contribution in [0, 0.1) is 11.8 Å². The Hall–Kier alpha value is -0.120. The number of piperidine rings is 1. The summed E-state index contributed by atoms with van der Waals surface area (Å²) >= 11 is 0. The Morgan fingerprint density at radius 1 is 1.11 bits per heavy atom. The normalized spacial score (nSPS) is 34.7. The van der Waals surface area contributed by atoms with Crippen LogP contribution in [0.4, 0.5) is 0 Å². The van der Waals surface area contributed by atoms with Crippen molar-refractivity contribution in [2.75, 3.05) is 33.2 Å². The number of nitrogens with two attached hydrogens (primary N) is 1. The smallest absolute Gasteiger partial charge is 0.00390 e. The van der Waals surface area contributed by atoms with Gasteiger partial charge in [0, 0.05) is 12.6 Å². The molecule has 1 aliphatic carbocycles. The summed E-state index contributed by atoms with van der Waals surface area (Å²) in [7, 11) is 2.25. The van der Waals surface area contributed by atoms with Crippen LogP contribution in [0.1, 0.15) is 44.9 Å². The lowest BCUT2D eigenvalue weighted by Crippen LogP contribution is -2.35. The minimum absolute atomic E-state index is 0.485. The Kier molecular flexibility index (Phi) is 5.93. The number of rotatable bonds is 5. The van der Waals surface area contributed by atoms with E-state index in [-0.39, 0.29) is 0 Å². The van der Waals surface area contributed by atoms with Gasteiger partial charge >= 0.3 is 0 Å². The highest BCUT2D eigenvalue weighted by Gasteiger charge is 2.19. The maximum Gasteiger partial charge on any atom is 0.00390 e. The first-order valence-electron chi connectivity index (χ1n) is 7.89. The van der Waals surface area contributed by atoms with Gasteiger partial charge in [-0.2, -0.15) is 0 Å². The lowest BCUT2D eigenvalue weighted by molar-refractivity contribution is 0.200. The molecule has 0 amide bonds. The summed E-state index contributed by atoms with van der Waals surface area (Å²) in [4.78, 5) is 2.48. The molecule has 106 valence electrons. The topological polar surface area (TPSA) is 41.3 Å². The van der Waals surface area contributed by atoms with Crippen molar-refractivity contribution in [2.45, 2.75) is 51.0 Å². The van der Waals surface area contributed by atoms with E-state index in [0.717, 1.165) is 11.8 Å². The summed E-state index contributed by atoms with van der Waals surface area (Å²) < 4.78 is 0. The van der Waals surface area contributed by atoms with E-state index < -0.39 is 0 Å². The molecule has 0 spiro atoms. The van der Waals surface area contributed by atoms with Crippen molar-refractivity contribution < 1.29 is 0 Å². The zero-order valence-corrected chi connectivity index (χ0v) is 12.0. The molecule has 3 N–H and O–H groups in total. The fraction of sp³-hybridized carbons (Fsp3) is 1.00. The van der Waals surface area contributed by atoms with E-state index in [1.54, 1.807) is 0 Å². The van der Waals surface area contributed by atoms with Crippen LogP contribution in [0.2, 0.25) is 0 Å². The summed E-state index contributed by atoms with van der Waals surface area (Å²) in [5, 5.41) is 3.67. The van der Waals surface area contributed by atoms with Gasteiger partial charge in [0.2, 0.25) is 0 Å². The van der Waals surface area contributed by atoms with Gasteiger partial charge in [-0.25, -0.2) is 0 Å². The van der Waals surface area contributed by atoms with Crippen molar-refractivity contribution >= 4 is 0 Å². The van der Waals surface area contributed by atoms with Crippen LogP contribution < -0.4 is 11.1 Å². The standard InChI is InChI=1S/C15H31N3/c1-18-10-2-3-14(12-18)8-9-17-11-13-4-6-15(16)7-5-13/h13-15,17H,2-12,16H2,1H3. The first-order chi connectivity index (χ1) is 8.74. The van der Waals surface area contributed by atoms with E-state index in [0.29, 0.717) is 6.04 Å². The fourth-order valence-corrected chi connectivity index (χ4v) is 3.51. The van der Waals surface area contributed by atoms with E-state index >= 15 is 0 Å². The SMILES string of the molecule is CN1CCCC(CCNCC2CCC(N)CC2)C1. The molecule has 2 fully saturated rings. The summed E-state index contributed by atoms with van der Waals surface area (Å²) in [5.41, 5.74) is 5.94. The predicted octanol–water partition coefficient (Wildman–Crippen LogP) is 1.83. The Labute approximate surface area is 112 Å². The van der Waals surface area contributed by atoms with Gasteiger partial charge in [0.1, 0.15) is 0 Å². The van der Waals surface area contributed by atoms with Crippen molar-refractivity contribution in [3.63, 3.8) is 0 Å². The number of hydrogen-bond donors (Lipinski definition) is 2. The average molecular weight is 253 g/mol. The van der Waals surface area contributed by atoms with Crippen LogP contribution in [0.25, 0.3) is 0 Å². The van der Waals surface area contributed by atoms with Gasteiger partial charge < -0.3 is 16.0 Å². The number of nitrogens with zero attached hydrogens (tertiary/aromatic N) is 1. The first kappa shape index (κ1) is 14.3.